The fourth-order valence-corrected chi connectivity index (χ4v) is 2.35. The number of nitro benzene ring substituents is 1. The van der Waals surface area contributed by atoms with Crippen LogP contribution in [0.15, 0.2) is 48.5 Å². The standard InChI is InChI=1S/C17H15N5O3/c1-11-4-3-5-15(18-11)17(23)19-16-10-12(2)20-21(16)13-6-8-14(9-7-13)22(24)25/h3-10H,1-2H3,(H,19,23). The van der Waals surface area contributed by atoms with E-state index < -0.39 is 4.92 Å². The zero-order chi connectivity index (χ0) is 18.0. The van der Waals surface area contributed by atoms with Gasteiger partial charge < -0.3 is 5.32 Å². The number of carbonyl (C=O) groups excluding carboxylic acids is 1. The summed E-state index contributed by atoms with van der Waals surface area (Å²) in [5.41, 5.74) is 2.33. The van der Waals surface area contributed by atoms with Crippen molar-refractivity contribution in [1.29, 1.82) is 0 Å². The smallest absolute Gasteiger partial charge is 0.275 e. The Morgan fingerprint density at radius 3 is 2.48 bits per heavy atom. The number of aryl methyl sites for hydroxylation is 2. The zero-order valence-electron chi connectivity index (χ0n) is 13.6. The van der Waals surface area contributed by atoms with Crippen LogP contribution in [0.2, 0.25) is 0 Å². The van der Waals surface area contributed by atoms with Crippen molar-refractivity contribution in [2.24, 2.45) is 0 Å². The van der Waals surface area contributed by atoms with Crippen molar-refractivity contribution in [2.75, 3.05) is 5.32 Å². The van der Waals surface area contributed by atoms with Gasteiger partial charge in [-0.1, -0.05) is 6.07 Å². The first-order chi connectivity index (χ1) is 11.9. The van der Waals surface area contributed by atoms with Crippen LogP contribution in [0.3, 0.4) is 0 Å². The van der Waals surface area contributed by atoms with Gasteiger partial charge in [0.05, 0.1) is 16.3 Å². The van der Waals surface area contributed by atoms with Crippen molar-refractivity contribution < 1.29 is 9.72 Å². The molecule has 0 atom stereocenters. The summed E-state index contributed by atoms with van der Waals surface area (Å²) in [4.78, 5) is 26.9. The lowest BCUT2D eigenvalue weighted by Gasteiger charge is -2.09. The van der Waals surface area contributed by atoms with Gasteiger partial charge in [-0.15, -0.1) is 0 Å². The maximum atomic E-state index is 12.4. The summed E-state index contributed by atoms with van der Waals surface area (Å²) in [5, 5.41) is 17.9. The van der Waals surface area contributed by atoms with Crippen LogP contribution in [0.25, 0.3) is 5.69 Å². The summed E-state index contributed by atoms with van der Waals surface area (Å²) in [6.45, 7) is 3.60. The monoisotopic (exact) mass is 337 g/mol. The van der Waals surface area contributed by atoms with Crippen molar-refractivity contribution in [3.05, 3.63) is 75.7 Å². The summed E-state index contributed by atoms with van der Waals surface area (Å²) >= 11 is 0. The maximum absolute atomic E-state index is 12.4. The van der Waals surface area contributed by atoms with Crippen LogP contribution in [0.4, 0.5) is 11.5 Å². The molecule has 0 radical (unpaired) electrons. The summed E-state index contributed by atoms with van der Waals surface area (Å²) in [6.07, 6.45) is 0. The molecule has 0 aliphatic rings. The molecule has 0 bridgehead atoms. The van der Waals surface area contributed by atoms with E-state index in [0.717, 1.165) is 5.69 Å². The average Bonchev–Trinajstić information content (AvgIpc) is 2.95. The number of benzene rings is 1. The Labute approximate surface area is 143 Å². The molecule has 2 heterocycles. The van der Waals surface area contributed by atoms with Crippen LogP contribution in [-0.4, -0.2) is 25.6 Å². The van der Waals surface area contributed by atoms with Crippen molar-refractivity contribution in [3.63, 3.8) is 0 Å². The Balaban J connectivity index is 1.90. The molecule has 0 saturated carbocycles. The third-order valence-corrected chi connectivity index (χ3v) is 3.50. The molecule has 8 heteroatoms. The molecule has 3 aromatic rings. The molecule has 8 nitrogen and oxygen atoms in total. The highest BCUT2D eigenvalue weighted by atomic mass is 16.6. The first kappa shape index (κ1) is 16.3. The highest BCUT2D eigenvalue weighted by molar-refractivity contribution is 6.02. The molecule has 25 heavy (non-hydrogen) atoms. The number of rotatable bonds is 4. The van der Waals surface area contributed by atoms with Gasteiger partial charge in [0.1, 0.15) is 11.5 Å². The summed E-state index contributed by atoms with van der Waals surface area (Å²) in [5.74, 6) is 0.103. The van der Waals surface area contributed by atoms with Crippen molar-refractivity contribution in [2.45, 2.75) is 13.8 Å². The Morgan fingerprint density at radius 1 is 1.12 bits per heavy atom. The van der Waals surface area contributed by atoms with E-state index in [1.54, 1.807) is 37.3 Å². The number of nitrogens with zero attached hydrogens (tertiary/aromatic N) is 4. The number of aromatic nitrogens is 3. The van der Waals surface area contributed by atoms with Crippen LogP contribution < -0.4 is 5.32 Å². The van der Waals surface area contributed by atoms with Crippen molar-refractivity contribution >= 4 is 17.4 Å². The first-order valence-electron chi connectivity index (χ1n) is 7.50. The molecule has 1 amide bonds. The van der Waals surface area contributed by atoms with Gasteiger partial charge in [-0.25, -0.2) is 9.67 Å². The number of amides is 1. The van der Waals surface area contributed by atoms with Crippen LogP contribution in [-0.2, 0) is 0 Å². The van der Waals surface area contributed by atoms with E-state index in [9.17, 15) is 14.9 Å². The van der Waals surface area contributed by atoms with E-state index >= 15 is 0 Å². The van der Waals surface area contributed by atoms with Gasteiger partial charge in [0.2, 0.25) is 0 Å². The van der Waals surface area contributed by atoms with Gasteiger partial charge >= 0.3 is 0 Å². The van der Waals surface area contributed by atoms with Crippen LogP contribution >= 0.6 is 0 Å². The molecule has 0 aliphatic carbocycles. The minimum Gasteiger partial charge on any atom is -0.305 e. The van der Waals surface area contributed by atoms with E-state index in [-0.39, 0.29) is 11.6 Å². The summed E-state index contributed by atoms with van der Waals surface area (Å²) in [7, 11) is 0. The molecule has 0 aliphatic heterocycles. The van der Waals surface area contributed by atoms with Gasteiger partial charge in [0, 0.05) is 23.9 Å². The number of nitro groups is 1. The highest BCUT2D eigenvalue weighted by Crippen LogP contribution is 2.20. The second kappa shape index (κ2) is 6.52. The molecule has 126 valence electrons. The lowest BCUT2D eigenvalue weighted by molar-refractivity contribution is -0.384. The van der Waals surface area contributed by atoms with Gasteiger partial charge in [-0.05, 0) is 38.1 Å². The van der Waals surface area contributed by atoms with Crippen molar-refractivity contribution in [1.82, 2.24) is 14.8 Å². The van der Waals surface area contributed by atoms with E-state index in [1.807, 2.05) is 13.0 Å². The van der Waals surface area contributed by atoms with E-state index in [4.69, 9.17) is 0 Å². The second-order valence-electron chi connectivity index (χ2n) is 5.47. The minimum atomic E-state index is -0.468. The fraction of sp³-hybridized carbons (Fsp3) is 0.118. The summed E-state index contributed by atoms with van der Waals surface area (Å²) in [6, 6.07) is 12.8. The van der Waals surface area contributed by atoms with E-state index in [0.29, 0.717) is 22.9 Å². The number of hydrogen-bond donors (Lipinski definition) is 1. The molecule has 0 fully saturated rings. The Morgan fingerprint density at radius 2 is 1.84 bits per heavy atom. The number of anilines is 1. The van der Waals surface area contributed by atoms with Crippen molar-refractivity contribution in [3.8, 4) is 5.69 Å². The quantitative estimate of drug-likeness (QED) is 0.582. The topological polar surface area (TPSA) is 103 Å². The average molecular weight is 337 g/mol. The number of pyridine rings is 1. The van der Waals surface area contributed by atoms with E-state index in [1.165, 1.54) is 16.8 Å². The summed E-state index contributed by atoms with van der Waals surface area (Å²) < 4.78 is 1.52. The Bertz CT molecular complexity index is 947. The molecule has 0 unspecified atom stereocenters. The van der Waals surface area contributed by atoms with Gasteiger partial charge in [-0.2, -0.15) is 5.10 Å². The Kier molecular flexibility index (Phi) is 4.25. The molecule has 1 N–H and O–H groups in total. The number of nitrogens with one attached hydrogen (secondary N) is 1. The predicted octanol–water partition coefficient (Wildman–Crippen LogP) is 3.04. The molecule has 3 rings (SSSR count). The Hall–Kier alpha value is -3.55. The lowest BCUT2D eigenvalue weighted by atomic mass is 10.3. The molecular formula is C17H15N5O3. The largest absolute Gasteiger partial charge is 0.305 e. The van der Waals surface area contributed by atoms with Crippen LogP contribution in [0.5, 0.6) is 0 Å². The zero-order valence-corrected chi connectivity index (χ0v) is 13.6. The maximum Gasteiger partial charge on any atom is 0.275 e. The number of carbonyl (C=O) groups is 1. The SMILES string of the molecule is Cc1cccc(C(=O)Nc2cc(C)nn2-c2ccc([N+](=O)[O-])cc2)n1. The minimum absolute atomic E-state index is 0.0119. The molecule has 2 aromatic heterocycles. The second-order valence-corrected chi connectivity index (χ2v) is 5.47. The molecule has 0 saturated heterocycles. The fourth-order valence-electron chi connectivity index (χ4n) is 2.35. The van der Waals surface area contributed by atoms with Crippen LogP contribution in [0, 0.1) is 24.0 Å². The number of non-ortho nitro benzene ring substituents is 1. The van der Waals surface area contributed by atoms with Gasteiger partial charge in [0.15, 0.2) is 0 Å². The third-order valence-electron chi connectivity index (χ3n) is 3.50. The van der Waals surface area contributed by atoms with Gasteiger partial charge in [0.25, 0.3) is 11.6 Å². The van der Waals surface area contributed by atoms with Gasteiger partial charge in [-0.3, -0.25) is 14.9 Å². The normalized spacial score (nSPS) is 10.5. The molecule has 0 spiro atoms. The van der Waals surface area contributed by atoms with E-state index in [2.05, 4.69) is 15.4 Å². The molecular weight excluding hydrogens is 322 g/mol. The molecule has 1 aromatic carbocycles. The predicted molar refractivity (Wildman–Crippen MR) is 91.9 cm³/mol. The highest BCUT2D eigenvalue weighted by Gasteiger charge is 2.14. The first-order valence-corrected chi connectivity index (χ1v) is 7.50. The number of hydrogen-bond acceptors (Lipinski definition) is 5. The lowest BCUT2D eigenvalue weighted by Crippen LogP contribution is -2.16. The third kappa shape index (κ3) is 3.52. The van der Waals surface area contributed by atoms with Crippen LogP contribution in [0.1, 0.15) is 21.9 Å².